The van der Waals surface area contributed by atoms with Gasteiger partial charge in [0.2, 0.25) is 5.91 Å². The maximum absolute atomic E-state index is 13.5. The van der Waals surface area contributed by atoms with Crippen LogP contribution in [-0.4, -0.2) is 41.0 Å². The molecule has 0 radical (unpaired) electrons. The molecular weight excluding hydrogens is 446 g/mol. The van der Waals surface area contributed by atoms with Gasteiger partial charge in [-0.05, 0) is 48.5 Å². The number of methoxy groups -OCH3 is 2. The van der Waals surface area contributed by atoms with Crippen LogP contribution >= 0.6 is 0 Å². The maximum atomic E-state index is 13.5. The van der Waals surface area contributed by atoms with Crippen molar-refractivity contribution in [2.45, 2.75) is 4.90 Å². The molecule has 0 aliphatic heterocycles. The van der Waals surface area contributed by atoms with Crippen LogP contribution in [0.3, 0.4) is 0 Å². The highest BCUT2D eigenvalue weighted by atomic mass is 32.2. The lowest BCUT2D eigenvalue weighted by molar-refractivity contribution is -0.114. The Balaban J connectivity index is 2.01. The van der Waals surface area contributed by atoms with E-state index in [1.54, 1.807) is 30.3 Å². The van der Waals surface area contributed by atoms with Crippen LogP contribution in [0.15, 0.2) is 77.7 Å². The number of rotatable bonds is 9. The summed E-state index contributed by atoms with van der Waals surface area (Å²) in [4.78, 5) is 24.5. The number of anilines is 2. The molecule has 0 saturated heterocycles. The molecule has 3 aromatic rings. The number of carbonyl (C=O) groups is 2. The van der Waals surface area contributed by atoms with Gasteiger partial charge in [0.1, 0.15) is 18.0 Å². The molecule has 10 heteroatoms. The predicted molar refractivity (Wildman–Crippen MR) is 124 cm³/mol. The number of hydrogen-bond acceptors (Lipinski definition) is 6. The van der Waals surface area contributed by atoms with E-state index in [0.717, 1.165) is 4.31 Å². The molecule has 0 heterocycles. The van der Waals surface area contributed by atoms with E-state index >= 15 is 0 Å². The molecule has 33 heavy (non-hydrogen) atoms. The number of nitrogens with two attached hydrogens (primary N) is 1. The average molecular weight is 470 g/mol. The Labute approximate surface area is 191 Å². The number of carbonyl (C=O) groups excluding carboxylic acids is 2. The van der Waals surface area contributed by atoms with Gasteiger partial charge in [-0.25, -0.2) is 8.42 Å². The molecular formula is C23H23N3O6S. The number of hydrogen-bond donors (Lipinski definition) is 2. The zero-order valence-electron chi connectivity index (χ0n) is 18.0. The summed E-state index contributed by atoms with van der Waals surface area (Å²) in [5, 5.41) is 2.56. The van der Waals surface area contributed by atoms with Gasteiger partial charge in [-0.15, -0.1) is 0 Å². The maximum Gasteiger partial charge on any atom is 0.264 e. The van der Waals surface area contributed by atoms with Crippen LogP contribution in [-0.2, 0) is 14.8 Å². The highest BCUT2D eigenvalue weighted by Crippen LogP contribution is 2.32. The third-order valence-corrected chi connectivity index (χ3v) is 6.53. The number of sulfonamides is 1. The van der Waals surface area contributed by atoms with Crippen LogP contribution in [0.1, 0.15) is 10.4 Å². The summed E-state index contributed by atoms with van der Waals surface area (Å²) in [6.45, 7) is -0.582. The quantitative estimate of drug-likeness (QED) is 0.496. The lowest BCUT2D eigenvalue weighted by atomic mass is 10.1. The first-order valence-corrected chi connectivity index (χ1v) is 11.2. The van der Waals surface area contributed by atoms with E-state index in [-0.39, 0.29) is 27.6 Å². The zero-order chi connectivity index (χ0) is 24.0. The number of nitrogens with one attached hydrogen (secondary N) is 1. The number of ether oxygens (including phenoxy) is 2. The van der Waals surface area contributed by atoms with E-state index in [1.807, 2.05) is 0 Å². The van der Waals surface area contributed by atoms with Gasteiger partial charge in [0.15, 0.2) is 0 Å². The molecule has 0 bridgehead atoms. The fourth-order valence-corrected chi connectivity index (χ4v) is 4.57. The second-order valence-corrected chi connectivity index (χ2v) is 8.68. The summed E-state index contributed by atoms with van der Waals surface area (Å²) < 4.78 is 38.4. The smallest absolute Gasteiger partial charge is 0.264 e. The zero-order valence-corrected chi connectivity index (χ0v) is 18.8. The van der Waals surface area contributed by atoms with Crippen molar-refractivity contribution in [1.29, 1.82) is 0 Å². The first kappa shape index (κ1) is 23.6. The second-order valence-electron chi connectivity index (χ2n) is 6.82. The Morgan fingerprint density at radius 1 is 0.909 bits per heavy atom. The minimum Gasteiger partial charge on any atom is -0.497 e. The molecule has 3 rings (SSSR count). The van der Waals surface area contributed by atoms with Crippen molar-refractivity contribution in [3.63, 3.8) is 0 Å². The van der Waals surface area contributed by atoms with Crippen LogP contribution in [0.2, 0.25) is 0 Å². The molecule has 3 N–H and O–H groups in total. The van der Waals surface area contributed by atoms with Crippen molar-refractivity contribution in [2.75, 3.05) is 30.4 Å². The second kappa shape index (κ2) is 10.0. The molecule has 9 nitrogen and oxygen atoms in total. The largest absolute Gasteiger partial charge is 0.497 e. The lowest BCUT2D eigenvalue weighted by Gasteiger charge is -2.25. The van der Waals surface area contributed by atoms with E-state index in [9.17, 15) is 18.0 Å². The average Bonchev–Trinajstić information content (AvgIpc) is 2.82. The third-order valence-electron chi connectivity index (χ3n) is 4.76. The fraction of sp³-hybridized carbons (Fsp3) is 0.130. The highest BCUT2D eigenvalue weighted by molar-refractivity contribution is 7.92. The summed E-state index contributed by atoms with van der Waals surface area (Å²) in [7, 11) is -1.31. The van der Waals surface area contributed by atoms with E-state index < -0.39 is 28.4 Å². The molecule has 0 aliphatic rings. The summed E-state index contributed by atoms with van der Waals surface area (Å²) in [6, 6.07) is 18.4. The fourth-order valence-electron chi connectivity index (χ4n) is 3.14. The minimum absolute atomic E-state index is 0.0421. The van der Waals surface area contributed by atoms with Crippen LogP contribution < -0.4 is 24.8 Å². The van der Waals surface area contributed by atoms with Crippen molar-refractivity contribution < 1.29 is 27.5 Å². The molecule has 172 valence electrons. The predicted octanol–water partition coefficient (Wildman–Crippen LogP) is 2.64. The van der Waals surface area contributed by atoms with Crippen LogP contribution in [0.4, 0.5) is 11.4 Å². The molecule has 0 aliphatic carbocycles. The first-order valence-electron chi connectivity index (χ1n) is 9.76. The van der Waals surface area contributed by atoms with Crippen molar-refractivity contribution in [1.82, 2.24) is 0 Å². The van der Waals surface area contributed by atoms with Crippen LogP contribution in [0.5, 0.6) is 11.5 Å². The van der Waals surface area contributed by atoms with E-state index in [4.69, 9.17) is 15.2 Å². The Morgan fingerprint density at radius 3 is 2.18 bits per heavy atom. The van der Waals surface area contributed by atoms with Crippen LogP contribution in [0.25, 0.3) is 0 Å². The van der Waals surface area contributed by atoms with Crippen molar-refractivity contribution >= 4 is 33.2 Å². The highest BCUT2D eigenvalue weighted by Gasteiger charge is 2.29. The lowest BCUT2D eigenvalue weighted by Crippen LogP contribution is -2.38. The SMILES string of the molecule is COc1ccc(S(=O)(=O)N(CC(=O)Nc2ccccc2C(N)=O)c2ccccc2OC)cc1. The Kier molecular flexibility index (Phi) is 7.19. The minimum atomic E-state index is -4.18. The first-order chi connectivity index (χ1) is 15.8. The van der Waals surface area contributed by atoms with Gasteiger partial charge in [-0.3, -0.25) is 13.9 Å². The molecule has 0 unspecified atom stereocenters. The van der Waals surface area contributed by atoms with E-state index in [2.05, 4.69) is 5.32 Å². The summed E-state index contributed by atoms with van der Waals surface area (Å²) >= 11 is 0. The molecule has 0 spiro atoms. The van der Waals surface area contributed by atoms with Crippen molar-refractivity contribution in [3.05, 3.63) is 78.4 Å². The topological polar surface area (TPSA) is 128 Å². The van der Waals surface area contributed by atoms with Gasteiger partial charge >= 0.3 is 0 Å². The number of benzene rings is 3. The summed E-state index contributed by atoms with van der Waals surface area (Å²) in [5.74, 6) is -0.649. The van der Waals surface area contributed by atoms with E-state index in [1.165, 1.54) is 56.7 Å². The number of amides is 2. The number of primary amides is 1. The van der Waals surface area contributed by atoms with E-state index in [0.29, 0.717) is 5.75 Å². The van der Waals surface area contributed by atoms with Crippen LogP contribution in [0, 0.1) is 0 Å². The van der Waals surface area contributed by atoms with Gasteiger partial charge in [0, 0.05) is 0 Å². The van der Waals surface area contributed by atoms with Gasteiger partial charge in [0.25, 0.3) is 15.9 Å². The third kappa shape index (κ3) is 5.24. The molecule has 0 aromatic heterocycles. The standard InChI is InChI=1S/C23H23N3O6S/c1-31-16-11-13-17(14-12-16)33(29,30)26(20-9-5-6-10-21(20)32-2)15-22(27)25-19-8-4-3-7-18(19)23(24)28/h3-14H,15H2,1-2H3,(H2,24,28)(H,25,27). The van der Waals surface area contributed by atoms with Gasteiger partial charge in [-0.1, -0.05) is 24.3 Å². The molecule has 0 saturated carbocycles. The van der Waals surface area contributed by atoms with Crippen molar-refractivity contribution in [3.8, 4) is 11.5 Å². The molecule has 2 amide bonds. The van der Waals surface area contributed by atoms with Crippen molar-refractivity contribution in [2.24, 2.45) is 5.73 Å². The number of para-hydroxylation sites is 3. The number of nitrogens with zero attached hydrogens (tertiary/aromatic N) is 1. The van der Waals surface area contributed by atoms with Gasteiger partial charge in [-0.2, -0.15) is 0 Å². The molecule has 0 fully saturated rings. The Bertz CT molecular complexity index is 1260. The molecule has 0 atom stereocenters. The van der Waals surface area contributed by atoms with Gasteiger partial charge in [0.05, 0.1) is 36.1 Å². The normalized spacial score (nSPS) is 10.8. The Hall–Kier alpha value is -4.05. The molecule has 3 aromatic carbocycles. The summed E-state index contributed by atoms with van der Waals surface area (Å²) in [5.41, 5.74) is 5.82. The van der Waals surface area contributed by atoms with Gasteiger partial charge < -0.3 is 20.5 Å². The monoisotopic (exact) mass is 469 g/mol. The Morgan fingerprint density at radius 2 is 1.55 bits per heavy atom. The summed E-state index contributed by atoms with van der Waals surface area (Å²) in [6.07, 6.45) is 0.